The van der Waals surface area contributed by atoms with Gasteiger partial charge in [-0.1, -0.05) is 56.6 Å². The number of ether oxygens (including phenoxy) is 2. The van der Waals surface area contributed by atoms with Crippen molar-refractivity contribution in [1.82, 2.24) is 0 Å². The SMILES string of the molecule is CCOc1ccc(C(=O)Nc2ccc(C)c(Cl)c2)cc1COc1ccccc1C(C)(C)C. The zero-order valence-electron chi connectivity index (χ0n) is 19.3. The first-order chi connectivity index (χ1) is 15.2. The minimum Gasteiger partial charge on any atom is -0.493 e. The zero-order valence-corrected chi connectivity index (χ0v) is 20.0. The number of benzene rings is 3. The van der Waals surface area contributed by atoms with Gasteiger partial charge in [0.1, 0.15) is 18.1 Å². The van der Waals surface area contributed by atoms with Gasteiger partial charge in [-0.15, -0.1) is 0 Å². The van der Waals surface area contributed by atoms with Crippen molar-refractivity contribution in [1.29, 1.82) is 0 Å². The number of anilines is 1. The van der Waals surface area contributed by atoms with Gasteiger partial charge in [0.15, 0.2) is 0 Å². The van der Waals surface area contributed by atoms with Crippen LogP contribution in [0.3, 0.4) is 0 Å². The van der Waals surface area contributed by atoms with Crippen molar-refractivity contribution in [2.75, 3.05) is 11.9 Å². The van der Waals surface area contributed by atoms with Crippen LogP contribution in [0.25, 0.3) is 0 Å². The second kappa shape index (κ2) is 10.1. The quantitative estimate of drug-likeness (QED) is 0.414. The van der Waals surface area contributed by atoms with Crippen molar-refractivity contribution in [3.05, 3.63) is 87.9 Å². The summed E-state index contributed by atoms with van der Waals surface area (Å²) in [6.45, 7) is 11.1. The molecule has 0 aliphatic rings. The molecule has 3 aromatic rings. The fraction of sp³-hybridized carbons (Fsp3) is 0.296. The predicted octanol–water partition coefficient (Wildman–Crippen LogP) is 7.18. The molecule has 5 heteroatoms. The molecule has 3 aromatic carbocycles. The lowest BCUT2D eigenvalue weighted by Crippen LogP contribution is -2.14. The molecule has 0 radical (unpaired) electrons. The number of carbonyl (C=O) groups is 1. The van der Waals surface area contributed by atoms with Gasteiger partial charge >= 0.3 is 0 Å². The smallest absolute Gasteiger partial charge is 0.255 e. The van der Waals surface area contributed by atoms with E-state index in [-0.39, 0.29) is 11.3 Å². The summed E-state index contributed by atoms with van der Waals surface area (Å²) < 4.78 is 12.0. The molecule has 4 nitrogen and oxygen atoms in total. The zero-order chi connectivity index (χ0) is 23.3. The van der Waals surface area contributed by atoms with E-state index in [0.717, 1.165) is 22.4 Å². The molecule has 0 aliphatic carbocycles. The molecule has 0 unspecified atom stereocenters. The highest BCUT2D eigenvalue weighted by molar-refractivity contribution is 6.31. The maximum atomic E-state index is 12.9. The Bertz CT molecular complexity index is 1100. The van der Waals surface area contributed by atoms with Crippen LogP contribution in [0, 0.1) is 6.92 Å². The number of carbonyl (C=O) groups excluding carboxylic acids is 1. The summed E-state index contributed by atoms with van der Waals surface area (Å²) >= 11 is 6.18. The molecule has 3 rings (SSSR count). The first-order valence-corrected chi connectivity index (χ1v) is 11.1. The van der Waals surface area contributed by atoms with E-state index in [1.807, 2.05) is 56.3 Å². The number of nitrogens with one attached hydrogen (secondary N) is 1. The van der Waals surface area contributed by atoms with Gasteiger partial charge < -0.3 is 14.8 Å². The Morgan fingerprint density at radius 1 is 0.969 bits per heavy atom. The highest BCUT2D eigenvalue weighted by atomic mass is 35.5. The Morgan fingerprint density at radius 2 is 1.72 bits per heavy atom. The van der Waals surface area contributed by atoms with Crippen molar-refractivity contribution in [2.24, 2.45) is 0 Å². The maximum absolute atomic E-state index is 12.9. The van der Waals surface area contributed by atoms with Crippen LogP contribution in [0.5, 0.6) is 11.5 Å². The molecule has 0 saturated heterocycles. The van der Waals surface area contributed by atoms with E-state index in [0.29, 0.717) is 35.2 Å². The summed E-state index contributed by atoms with van der Waals surface area (Å²) in [7, 11) is 0. The minimum absolute atomic E-state index is 0.0453. The summed E-state index contributed by atoms with van der Waals surface area (Å²) in [6.07, 6.45) is 0. The first kappa shape index (κ1) is 23.7. The first-order valence-electron chi connectivity index (χ1n) is 10.7. The van der Waals surface area contributed by atoms with Gasteiger partial charge in [-0.2, -0.15) is 0 Å². The molecule has 0 fully saturated rings. The maximum Gasteiger partial charge on any atom is 0.255 e. The van der Waals surface area contributed by atoms with Gasteiger partial charge in [0.25, 0.3) is 5.91 Å². The van der Waals surface area contributed by atoms with Crippen molar-refractivity contribution < 1.29 is 14.3 Å². The fourth-order valence-corrected chi connectivity index (χ4v) is 3.55. The Labute approximate surface area is 195 Å². The van der Waals surface area contributed by atoms with Crippen LogP contribution in [-0.4, -0.2) is 12.5 Å². The summed E-state index contributed by atoms with van der Waals surface area (Å²) in [5.41, 5.74) is 4.02. The summed E-state index contributed by atoms with van der Waals surface area (Å²) in [5.74, 6) is 1.31. The molecule has 1 N–H and O–H groups in total. The lowest BCUT2D eigenvalue weighted by molar-refractivity contribution is 0.102. The van der Waals surface area contributed by atoms with Crippen LogP contribution in [0.4, 0.5) is 5.69 Å². The van der Waals surface area contributed by atoms with E-state index in [1.165, 1.54) is 0 Å². The lowest BCUT2D eigenvalue weighted by atomic mass is 9.86. The van der Waals surface area contributed by atoms with Crippen LogP contribution in [0.15, 0.2) is 60.7 Å². The second-order valence-corrected chi connectivity index (χ2v) is 9.12. The van der Waals surface area contributed by atoms with Crippen molar-refractivity contribution in [3.63, 3.8) is 0 Å². The van der Waals surface area contributed by atoms with Gasteiger partial charge in [0.2, 0.25) is 0 Å². The molecule has 0 heterocycles. The number of para-hydroxylation sites is 1. The van der Waals surface area contributed by atoms with Crippen LogP contribution in [0.1, 0.15) is 54.7 Å². The number of rotatable bonds is 7. The molecule has 1 amide bonds. The molecule has 0 aromatic heterocycles. The van der Waals surface area contributed by atoms with Gasteiger partial charge in [-0.25, -0.2) is 0 Å². The average molecular weight is 452 g/mol. The van der Waals surface area contributed by atoms with Crippen LogP contribution < -0.4 is 14.8 Å². The normalized spacial score (nSPS) is 11.2. The van der Waals surface area contributed by atoms with Crippen molar-refractivity contribution in [3.8, 4) is 11.5 Å². The van der Waals surface area contributed by atoms with E-state index < -0.39 is 0 Å². The standard InChI is InChI=1S/C27H30ClNO3/c1-6-31-24-14-12-19(26(30)29-21-13-11-18(2)23(28)16-21)15-20(24)17-32-25-10-8-7-9-22(25)27(3,4)5/h7-16H,6,17H2,1-5H3,(H,29,30). The number of amides is 1. The highest BCUT2D eigenvalue weighted by Crippen LogP contribution is 2.32. The van der Waals surface area contributed by atoms with Crippen molar-refractivity contribution >= 4 is 23.2 Å². The summed E-state index contributed by atoms with van der Waals surface area (Å²) in [4.78, 5) is 12.9. The average Bonchev–Trinajstić information content (AvgIpc) is 2.75. The predicted molar refractivity (Wildman–Crippen MR) is 131 cm³/mol. The second-order valence-electron chi connectivity index (χ2n) is 8.71. The van der Waals surface area contributed by atoms with E-state index in [1.54, 1.807) is 12.1 Å². The molecule has 32 heavy (non-hydrogen) atoms. The van der Waals surface area contributed by atoms with Crippen LogP contribution in [0.2, 0.25) is 5.02 Å². The lowest BCUT2D eigenvalue weighted by Gasteiger charge is -2.23. The van der Waals surface area contributed by atoms with Crippen LogP contribution in [-0.2, 0) is 12.0 Å². The van der Waals surface area contributed by atoms with Gasteiger partial charge in [0, 0.05) is 21.8 Å². The van der Waals surface area contributed by atoms with Gasteiger partial charge in [0.05, 0.1) is 6.61 Å². The number of hydrogen-bond donors (Lipinski definition) is 1. The topological polar surface area (TPSA) is 47.6 Å². The number of halogens is 1. The van der Waals surface area contributed by atoms with Crippen molar-refractivity contribution in [2.45, 2.75) is 46.6 Å². The number of hydrogen-bond acceptors (Lipinski definition) is 3. The Morgan fingerprint density at radius 3 is 2.41 bits per heavy atom. The van der Waals surface area contributed by atoms with Gasteiger partial charge in [-0.3, -0.25) is 4.79 Å². The highest BCUT2D eigenvalue weighted by Gasteiger charge is 2.19. The Balaban J connectivity index is 1.83. The van der Waals surface area contributed by atoms with Gasteiger partial charge in [-0.05, 0) is 66.8 Å². The molecule has 0 atom stereocenters. The van der Waals surface area contributed by atoms with E-state index in [4.69, 9.17) is 21.1 Å². The molecule has 0 aliphatic heterocycles. The molecule has 0 saturated carbocycles. The minimum atomic E-state index is -0.218. The molecular weight excluding hydrogens is 422 g/mol. The summed E-state index contributed by atoms with van der Waals surface area (Å²) in [5, 5.41) is 3.51. The van der Waals surface area contributed by atoms with E-state index in [9.17, 15) is 4.79 Å². The fourth-order valence-electron chi connectivity index (χ4n) is 3.37. The largest absolute Gasteiger partial charge is 0.493 e. The monoisotopic (exact) mass is 451 g/mol. The Hall–Kier alpha value is -2.98. The third-order valence-corrected chi connectivity index (χ3v) is 5.54. The number of aryl methyl sites for hydroxylation is 1. The molecule has 0 bridgehead atoms. The van der Waals surface area contributed by atoms with Crippen LogP contribution >= 0.6 is 11.6 Å². The summed E-state index contributed by atoms with van der Waals surface area (Å²) in [6, 6.07) is 18.9. The third kappa shape index (κ3) is 5.83. The molecule has 0 spiro atoms. The third-order valence-electron chi connectivity index (χ3n) is 5.13. The molecule has 168 valence electrons. The van der Waals surface area contributed by atoms with E-state index >= 15 is 0 Å². The Kier molecular flexibility index (Phi) is 7.47. The van der Waals surface area contributed by atoms with E-state index in [2.05, 4.69) is 32.2 Å². The molecular formula is C27H30ClNO3.